The van der Waals surface area contributed by atoms with E-state index < -0.39 is 0 Å². The summed E-state index contributed by atoms with van der Waals surface area (Å²) in [4.78, 5) is 4.48. The topological polar surface area (TPSA) is 27.1 Å². The Hall–Kier alpha value is -0.650. The van der Waals surface area contributed by atoms with Crippen molar-refractivity contribution in [1.82, 2.24) is 9.55 Å². The van der Waals surface area contributed by atoms with Gasteiger partial charge in [0.15, 0.2) is 0 Å². The Balaban J connectivity index is 2.25. The molecule has 0 atom stereocenters. The molecule has 0 N–H and O–H groups in total. The minimum atomic E-state index is -0.305. The maximum absolute atomic E-state index is 13.6. The number of halogens is 3. The third kappa shape index (κ3) is 4.18. The van der Waals surface area contributed by atoms with Gasteiger partial charge in [-0.15, -0.1) is 11.6 Å². The van der Waals surface area contributed by atoms with Gasteiger partial charge in [0.25, 0.3) is 0 Å². The van der Waals surface area contributed by atoms with Gasteiger partial charge in [0, 0.05) is 31.5 Å². The van der Waals surface area contributed by atoms with Gasteiger partial charge in [-0.25, -0.2) is 9.37 Å². The summed E-state index contributed by atoms with van der Waals surface area (Å²) in [5.74, 6) is 1.56. The zero-order valence-corrected chi connectivity index (χ0v) is 14.5. The van der Waals surface area contributed by atoms with Crippen molar-refractivity contribution in [3.05, 3.63) is 28.2 Å². The number of ether oxygens (including phenoxy) is 1. The molecule has 0 aliphatic heterocycles. The number of alkyl halides is 1. The van der Waals surface area contributed by atoms with E-state index in [0.717, 1.165) is 17.9 Å². The number of benzene rings is 1. The summed E-state index contributed by atoms with van der Waals surface area (Å²) in [6.07, 6.45) is 0.652. The summed E-state index contributed by atoms with van der Waals surface area (Å²) in [6.45, 7) is 6.26. The summed E-state index contributed by atoms with van der Waals surface area (Å²) < 4.78 is 21.8. The molecular weight excluding hydrogens is 359 g/mol. The molecule has 21 heavy (non-hydrogen) atoms. The number of hydrogen-bond acceptors (Lipinski definition) is 2. The van der Waals surface area contributed by atoms with Gasteiger partial charge < -0.3 is 9.30 Å². The van der Waals surface area contributed by atoms with Gasteiger partial charge in [0.2, 0.25) is 0 Å². The summed E-state index contributed by atoms with van der Waals surface area (Å²) >= 11 is 9.06. The second-order valence-electron chi connectivity index (χ2n) is 5.34. The first kappa shape index (κ1) is 16.7. The first-order valence-electron chi connectivity index (χ1n) is 7.00. The average Bonchev–Trinajstić information content (AvgIpc) is 2.73. The molecular formula is C15H19BrClFN2O. The van der Waals surface area contributed by atoms with Gasteiger partial charge in [-0.2, -0.15) is 0 Å². The maximum Gasteiger partial charge on any atom is 0.139 e. The Bertz CT molecular complexity index is 615. The van der Waals surface area contributed by atoms with Crippen LogP contribution < -0.4 is 0 Å². The van der Waals surface area contributed by atoms with Crippen LogP contribution in [0.25, 0.3) is 11.0 Å². The summed E-state index contributed by atoms with van der Waals surface area (Å²) in [6, 6.07) is 3.21. The molecule has 1 aromatic carbocycles. The lowest BCUT2D eigenvalue weighted by Gasteiger charge is -2.11. The molecule has 0 amide bonds. The van der Waals surface area contributed by atoms with Crippen molar-refractivity contribution in [1.29, 1.82) is 0 Å². The van der Waals surface area contributed by atoms with E-state index >= 15 is 0 Å². The van der Waals surface area contributed by atoms with E-state index in [4.69, 9.17) is 16.3 Å². The molecule has 0 bridgehead atoms. The molecule has 1 aromatic heterocycles. The highest BCUT2D eigenvalue weighted by atomic mass is 79.9. The predicted octanol–water partition coefficient (Wildman–Crippen LogP) is 4.39. The number of imidazole rings is 1. The number of rotatable bonds is 7. The van der Waals surface area contributed by atoms with Crippen molar-refractivity contribution in [2.24, 2.45) is 5.92 Å². The standard InChI is InChI=1S/C15H19BrClFN2O/c1-10(2)9-21-6-5-20-14-7-11(16)12(18)8-13(14)19-15(20)3-4-17/h7-8,10H,3-6,9H2,1-2H3. The molecule has 0 aliphatic rings. The van der Waals surface area contributed by atoms with Gasteiger partial charge in [-0.1, -0.05) is 13.8 Å². The van der Waals surface area contributed by atoms with Crippen LogP contribution >= 0.6 is 27.5 Å². The second-order valence-corrected chi connectivity index (χ2v) is 6.57. The number of nitrogens with zero attached hydrogens (tertiary/aromatic N) is 2. The van der Waals surface area contributed by atoms with Crippen LogP contribution in [-0.4, -0.2) is 28.6 Å². The van der Waals surface area contributed by atoms with Crippen molar-refractivity contribution in [2.75, 3.05) is 19.1 Å². The maximum atomic E-state index is 13.6. The first-order valence-corrected chi connectivity index (χ1v) is 8.33. The van der Waals surface area contributed by atoms with Crippen LogP contribution in [0.5, 0.6) is 0 Å². The first-order chi connectivity index (χ1) is 10.0. The van der Waals surface area contributed by atoms with Crippen LogP contribution in [0.15, 0.2) is 16.6 Å². The van der Waals surface area contributed by atoms with Crippen molar-refractivity contribution >= 4 is 38.6 Å². The third-order valence-corrected chi connectivity index (χ3v) is 3.89. The zero-order chi connectivity index (χ0) is 15.4. The lowest BCUT2D eigenvalue weighted by Crippen LogP contribution is -2.12. The van der Waals surface area contributed by atoms with E-state index in [0.29, 0.717) is 41.4 Å². The van der Waals surface area contributed by atoms with Crippen molar-refractivity contribution in [2.45, 2.75) is 26.8 Å². The summed E-state index contributed by atoms with van der Waals surface area (Å²) in [5, 5.41) is 0. The monoisotopic (exact) mass is 376 g/mol. The van der Waals surface area contributed by atoms with Gasteiger partial charge in [-0.05, 0) is 27.9 Å². The number of aryl methyl sites for hydroxylation is 1. The van der Waals surface area contributed by atoms with Crippen LogP contribution in [-0.2, 0) is 17.7 Å². The fourth-order valence-corrected chi connectivity index (χ4v) is 2.67. The molecule has 0 fully saturated rings. The molecule has 0 unspecified atom stereocenters. The van der Waals surface area contributed by atoms with Crippen LogP contribution in [0.1, 0.15) is 19.7 Å². The van der Waals surface area contributed by atoms with Gasteiger partial charge in [0.05, 0.1) is 22.1 Å². The average molecular weight is 378 g/mol. The van der Waals surface area contributed by atoms with E-state index in [1.165, 1.54) is 6.07 Å². The van der Waals surface area contributed by atoms with E-state index in [9.17, 15) is 4.39 Å². The zero-order valence-electron chi connectivity index (χ0n) is 12.2. The SMILES string of the molecule is CC(C)COCCn1c(CCCl)nc2cc(F)c(Br)cc21. The summed E-state index contributed by atoms with van der Waals surface area (Å²) in [5.41, 5.74) is 1.55. The normalized spacial score (nSPS) is 11.7. The lowest BCUT2D eigenvalue weighted by atomic mass is 10.2. The molecule has 2 rings (SSSR count). The number of fused-ring (bicyclic) bond motifs is 1. The highest BCUT2D eigenvalue weighted by Gasteiger charge is 2.13. The van der Waals surface area contributed by atoms with Crippen LogP contribution in [0.2, 0.25) is 0 Å². The third-order valence-electron chi connectivity index (χ3n) is 3.10. The smallest absolute Gasteiger partial charge is 0.139 e. The van der Waals surface area contributed by atoms with Crippen molar-refractivity contribution in [3.63, 3.8) is 0 Å². The van der Waals surface area contributed by atoms with E-state index in [-0.39, 0.29) is 5.82 Å². The molecule has 2 aromatic rings. The molecule has 0 aliphatic carbocycles. The predicted molar refractivity (Wildman–Crippen MR) is 87.5 cm³/mol. The Kier molecular flexibility index (Phi) is 6.02. The molecule has 0 saturated heterocycles. The Morgan fingerprint density at radius 3 is 2.86 bits per heavy atom. The van der Waals surface area contributed by atoms with Crippen molar-refractivity contribution in [3.8, 4) is 0 Å². The van der Waals surface area contributed by atoms with Gasteiger partial charge >= 0.3 is 0 Å². The highest BCUT2D eigenvalue weighted by molar-refractivity contribution is 9.10. The largest absolute Gasteiger partial charge is 0.379 e. The van der Waals surface area contributed by atoms with Crippen molar-refractivity contribution < 1.29 is 9.13 Å². The second kappa shape index (κ2) is 7.56. The van der Waals surface area contributed by atoms with Crippen LogP contribution in [0.3, 0.4) is 0 Å². The Morgan fingerprint density at radius 1 is 1.43 bits per heavy atom. The Morgan fingerprint density at radius 2 is 2.19 bits per heavy atom. The molecule has 3 nitrogen and oxygen atoms in total. The van der Waals surface area contributed by atoms with E-state index in [1.54, 1.807) is 6.07 Å². The molecule has 6 heteroatoms. The fourth-order valence-electron chi connectivity index (χ4n) is 2.17. The molecule has 116 valence electrons. The minimum absolute atomic E-state index is 0.305. The molecule has 1 heterocycles. The molecule has 0 radical (unpaired) electrons. The molecule has 0 saturated carbocycles. The summed E-state index contributed by atoms with van der Waals surface area (Å²) in [7, 11) is 0. The van der Waals surface area contributed by atoms with E-state index in [1.807, 2.05) is 0 Å². The Labute approximate surface area is 137 Å². The minimum Gasteiger partial charge on any atom is -0.379 e. The van der Waals surface area contributed by atoms with E-state index in [2.05, 4.69) is 39.3 Å². The fraction of sp³-hybridized carbons (Fsp3) is 0.533. The van der Waals surface area contributed by atoms with Gasteiger partial charge in [-0.3, -0.25) is 0 Å². The quantitative estimate of drug-likeness (QED) is 0.528. The van der Waals surface area contributed by atoms with Gasteiger partial charge in [0.1, 0.15) is 11.6 Å². The lowest BCUT2D eigenvalue weighted by molar-refractivity contribution is 0.103. The highest BCUT2D eigenvalue weighted by Crippen LogP contribution is 2.24. The van der Waals surface area contributed by atoms with Crippen LogP contribution in [0.4, 0.5) is 4.39 Å². The number of hydrogen-bond donors (Lipinski definition) is 0. The molecule has 0 spiro atoms. The number of aromatic nitrogens is 2. The van der Waals surface area contributed by atoms with Crippen LogP contribution in [0, 0.1) is 11.7 Å².